The van der Waals surface area contributed by atoms with E-state index in [2.05, 4.69) is 82.3 Å². The first-order valence-corrected chi connectivity index (χ1v) is 9.02. The van der Waals surface area contributed by atoms with Crippen LogP contribution >= 0.6 is 0 Å². The Labute approximate surface area is 147 Å². The zero-order chi connectivity index (χ0) is 17.1. The Bertz CT molecular complexity index is 767. The van der Waals surface area contributed by atoms with Gasteiger partial charge in [-0.25, -0.2) is 0 Å². The Morgan fingerprint density at radius 3 is 2.33 bits per heavy atom. The van der Waals surface area contributed by atoms with E-state index < -0.39 is 0 Å². The first-order chi connectivity index (χ1) is 11.5. The van der Waals surface area contributed by atoms with Crippen molar-refractivity contribution in [3.8, 4) is 0 Å². The molecule has 2 aliphatic carbocycles. The van der Waals surface area contributed by atoms with Gasteiger partial charge >= 0.3 is 0 Å². The van der Waals surface area contributed by atoms with Crippen LogP contribution in [0.15, 0.2) is 82.3 Å². The number of benzene rings is 1. The second-order valence-electron chi connectivity index (χ2n) is 7.30. The molecule has 0 heterocycles. The fourth-order valence-electron chi connectivity index (χ4n) is 3.79. The van der Waals surface area contributed by atoms with Crippen LogP contribution in [0.2, 0.25) is 0 Å². The van der Waals surface area contributed by atoms with E-state index in [9.17, 15) is 0 Å². The van der Waals surface area contributed by atoms with Crippen molar-refractivity contribution < 1.29 is 0 Å². The van der Waals surface area contributed by atoms with Gasteiger partial charge in [0.2, 0.25) is 6.71 Å². The van der Waals surface area contributed by atoms with Crippen LogP contribution in [0.3, 0.4) is 0 Å². The number of allylic oxidation sites excluding steroid dienone is 10. The maximum atomic E-state index is 2.38. The maximum Gasteiger partial charge on any atom is 0.233 e. The molecular formula is C23H27B. The summed E-state index contributed by atoms with van der Waals surface area (Å²) in [5.41, 5.74) is 10.1. The molecule has 0 atom stereocenters. The third-order valence-corrected chi connectivity index (χ3v) is 5.18. The first kappa shape index (κ1) is 16.8. The van der Waals surface area contributed by atoms with Crippen molar-refractivity contribution in [3.63, 3.8) is 0 Å². The summed E-state index contributed by atoms with van der Waals surface area (Å²) in [6, 6.07) is 9.13. The molecule has 0 spiro atoms. The first-order valence-electron chi connectivity index (χ1n) is 9.02. The van der Waals surface area contributed by atoms with Gasteiger partial charge in [0.15, 0.2) is 0 Å². The van der Waals surface area contributed by atoms with Crippen molar-refractivity contribution in [2.75, 3.05) is 0 Å². The van der Waals surface area contributed by atoms with Gasteiger partial charge < -0.3 is 0 Å². The van der Waals surface area contributed by atoms with E-state index in [1.54, 1.807) is 5.47 Å². The SMILES string of the molecule is CC1=CC=C(B(C2=C(C)C=C(C)CC2)c2ccc(C)cc2)CC=C1. The monoisotopic (exact) mass is 314 g/mol. The Kier molecular flexibility index (Phi) is 5.09. The lowest BCUT2D eigenvalue weighted by atomic mass is 9.33. The van der Waals surface area contributed by atoms with Crippen LogP contribution in [0.1, 0.15) is 45.6 Å². The van der Waals surface area contributed by atoms with Crippen LogP contribution in [-0.4, -0.2) is 6.71 Å². The van der Waals surface area contributed by atoms with E-state index in [4.69, 9.17) is 0 Å². The van der Waals surface area contributed by atoms with Crippen LogP contribution in [0.25, 0.3) is 0 Å². The maximum absolute atomic E-state index is 2.38. The van der Waals surface area contributed by atoms with Gasteiger partial charge in [0, 0.05) is 0 Å². The molecule has 24 heavy (non-hydrogen) atoms. The lowest BCUT2D eigenvalue weighted by Gasteiger charge is -2.25. The van der Waals surface area contributed by atoms with Crippen molar-refractivity contribution in [1.82, 2.24) is 0 Å². The molecule has 0 bridgehead atoms. The Balaban J connectivity index is 2.10. The largest absolute Gasteiger partial charge is 0.233 e. The highest BCUT2D eigenvalue weighted by Crippen LogP contribution is 2.29. The molecule has 0 nitrogen and oxygen atoms in total. The zero-order valence-corrected chi connectivity index (χ0v) is 15.4. The van der Waals surface area contributed by atoms with Crippen LogP contribution in [-0.2, 0) is 0 Å². The summed E-state index contributed by atoms with van der Waals surface area (Å²) in [6.07, 6.45) is 14.9. The average Bonchev–Trinajstić information content (AvgIpc) is 2.76. The fourth-order valence-corrected chi connectivity index (χ4v) is 3.79. The predicted octanol–water partition coefficient (Wildman–Crippen LogP) is 5.66. The van der Waals surface area contributed by atoms with Gasteiger partial charge in [-0.2, -0.15) is 0 Å². The Morgan fingerprint density at radius 1 is 0.875 bits per heavy atom. The molecule has 0 saturated carbocycles. The summed E-state index contributed by atoms with van der Waals surface area (Å²) < 4.78 is 0. The highest BCUT2D eigenvalue weighted by atomic mass is 14.1. The third kappa shape index (κ3) is 3.72. The van der Waals surface area contributed by atoms with E-state index in [0.717, 1.165) is 6.42 Å². The molecule has 1 heteroatoms. The van der Waals surface area contributed by atoms with Gasteiger partial charge in [0.1, 0.15) is 0 Å². The third-order valence-electron chi connectivity index (χ3n) is 5.18. The number of hydrogen-bond donors (Lipinski definition) is 0. The van der Waals surface area contributed by atoms with Gasteiger partial charge in [-0.15, -0.1) is 0 Å². The van der Waals surface area contributed by atoms with Crippen LogP contribution in [0.4, 0.5) is 0 Å². The zero-order valence-electron chi connectivity index (χ0n) is 15.4. The number of rotatable bonds is 3. The summed E-state index contributed by atoms with van der Waals surface area (Å²) in [4.78, 5) is 0. The van der Waals surface area contributed by atoms with E-state index in [1.165, 1.54) is 46.1 Å². The lowest BCUT2D eigenvalue weighted by Crippen LogP contribution is -2.36. The number of aryl methyl sites for hydroxylation is 1. The topological polar surface area (TPSA) is 0 Å². The quantitative estimate of drug-likeness (QED) is 0.631. The smallest absolute Gasteiger partial charge is 0.0878 e. The van der Waals surface area contributed by atoms with Crippen LogP contribution in [0, 0.1) is 6.92 Å². The molecule has 0 aromatic heterocycles. The minimum absolute atomic E-state index is 0.404. The molecule has 0 N–H and O–H groups in total. The minimum Gasteiger partial charge on any atom is -0.0878 e. The van der Waals surface area contributed by atoms with Crippen molar-refractivity contribution in [1.29, 1.82) is 0 Å². The normalized spacial score (nSPS) is 17.9. The summed E-state index contributed by atoms with van der Waals surface area (Å²) in [6.45, 7) is 9.28. The van der Waals surface area contributed by atoms with Gasteiger partial charge in [-0.05, 0) is 47.0 Å². The van der Waals surface area contributed by atoms with Gasteiger partial charge in [-0.3, -0.25) is 0 Å². The Morgan fingerprint density at radius 2 is 1.62 bits per heavy atom. The molecule has 2 aliphatic rings. The van der Waals surface area contributed by atoms with E-state index in [-0.39, 0.29) is 0 Å². The van der Waals surface area contributed by atoms with E-state index in [0.29, 0.717) is 6.71 Å². The summed E-state index contributed by atoms with van der Waals surface area (Å²) in [7, 11) is 0. The summed E-state index contributed by atoms with van der Waals surface area (Å²) >= 11 is 0. The minimum atomic E-state index is 0.404. The molecule has 0 fully saturated rings. The molecule has 0 saturated heterocycles. The van der Waals surface area contributed by atoms with Crippen molar-refractivity contribution >= 4 is 12.2 Å². The molecule has 1 aromatic carbocycles. The van der Waals surface area contributed by atoms with Crippen LogP contribution < -0.4 is 5.46 Å². The van der Waals surface area contributed by atoms with Crippen molar-refractivity contribution in [2.45, 2.75) is 47.0 Å². The summed E-state index contributed by atoms with van der Waals surface area (Å²) in [5, 5.41) is 0. The summed E-state index contributed by atoms with van der Waals surface area (Å²) in [5.74, 6) is 0. The molecule has 122 valence electrons. The van der Waals surface area contributed by atoms with Gasteiger partial charge in [0.25, 0.3) is 0 Å². The highest BCUT2D eigenvalue weighted by molar-refractivity contribution is 6.86. The fraction of sp³-hybridized carbons (Fsp3) is 0.304. The van der Waals surface area contributed by atoms with Crippen molar-refractivity contribution in [2.24, 2.45) is 0 Å². The van der Waals surface area contributed by atoms with Crippen molar-refractivity contribution in [3.05, 3.63) is 87.9 Å². The second kappa shape index (κ2) is 7.26. The molecule has 1 aromatic rings. The average molecular weight is 314 g/mol. The van der Waals surface area contributed by atoms with E-state index >= 15 is 0 Å². The lowest BCUT2D eigenvalue weighted by molar-refractivity contribution is 0.924. The Hall–Kier alpha value is -2.02. The molecule has 0 unspecified atom stereocenters. The molecule has 3 rings (SSSR count). The highest BCUT2D eigenvalue weighted by Gasteiger charge is 2.27. The van der Waals surface area contributed by atoms with Gasteiger partial charge in [-0.1, -0.05) is 93.3 Å². The van der Waals surface area contributed by atoms with E-state index in [1.807, 2.05) is 0 Å². The number of hydrogen-bond acceptors (Lipinski definition) is 0. The second-order valence-corrected chi connectivity index (χ2v) is 7.30. The molecular weight excluding hydrogens is 287 g/mol. The molecule has 0 aliphatic heterocycles. The van der Waals surface area contributed by atoms with Gasteiger partial charge in [0.05, 0.1) is 0 Å². The standard InChI is InChI=1S/C23H27B/c1-17-6-5-7-21(12-8-17)24(22-13-9-18(2)10-14-22)23-15-11-19(3)16-20(23)4/h5-6,8-10,12-14,16H,7,11,15H2,1-4H3. The van der Waals surface area contributed by atoms with Crippen LogP contribution in [0.5, 0.6) is 0 Å². The molecule has 0 radical (unpaired) electrons. The molecule has 0 amide bonds. The predicted molar refractivity (Wildman–Crippen MR) is 108 cm³/mol.